The molecule has 0 radical (unpaired) electrons. The summed E-state index contributed by atoms with van der Waals surface area (Å²) in [5, 5.41) is 12.7. The van der Waals surface area contributed by atoms with Crippen molar-refractivity contribution in [3.8, 4) is 17.6 Å². The third kappa shape index (κ3) is 5.56. The molecule has 0 saturated heterocycles. The maximum atomic E-state index is 9.46. The predicted molar refractivity (Wildman–Crippen MR) is 119 cm³/mol. The first-order valence-electron chi connectivity index (χ1n) is 10.1. The van der Waals surface area contributed by atoms with Gasteiger partial charge >= 0.3 is 0 Å². The van der Waals surface area contributed by atoms with E-state index < -0.39 is 0 Å². The van der Waals surface area contributed by atoms with Crippen LogP contribution < -0.4 is 14.8 Å². The molecule has 3 aromatic rings. The number of aromatic nitrogens is 1. The number of anilines is 1. The highest BCUT2D eigenvalue weighted by molar-refractivity contribution is 5.46. The molecule has 0 aliphatic carbocycles. The molecule has 0 amide bonds. The average Bonchev–Trinajstić information content (AvgIpc) is 3.15. The van der Waals surface area contributed by atoms with Gasteiger partial charge in [-0.3, -0.25) is 0 Å². The number of methoxy groups -OCH3 is 1. The van der Waals surface area contributed by atoms with Gasteiger partial charge in [0.05, 0.1) is 13.2 Å². The Morgan fingerprint density at radius 3 is 2.52 bits per heavy atom. The van der Waals surface area contributed by atoms with Crippen LogP contribution in [0.3, 0.4) is 0 Å². The van der Waals surface area contributed by atoms with Crippen molar-refractivity contribution < 1.29 is 13.9 Å². The van der Waals surface area contributed by atoms with Gasteiger partial charge in [-0.05, 0) is 57.3 Å². The molecule has 0 unspecified atom stereocenters. The lowest BCUT2D eigenvalue weighted by molar-refractivity contribution is 0.262. The van der Waals surface area contributed by atoms with E-state index in [1.165, 1.54) is 5.56 Å². The number of nitriles is 1. The molecule has 0 fully saturated rings. The van der Waals surface area contributed by atoms with Crippen LogP contribution in [-0.4, -0.2) is 37.6 Å². The van der Waals surface area contributed by atoms with Crippen LogP contribution in [-0.2, 0) is 6.61 Å². The summed E-state index contributed by atoms with van der Waals surface area (Å²) in [7, 11) is 5.66. The quantitative estimate of drug-likeness (QED) is 0.547. The molecule has 0 bridgehead atoms. The van der Waals surface area contributed by atoms with Crippen LogP contribution >= 0.6 is 0 Å². The highest BCUT2D eigenvalue weighted by atomic mass is 16.5. The summed E-state index contributed by atoms with van der Waals surface area (Å²) in [6.07, 6.45) is 0. The van der Waals surface area contributed by atoms with E-state index in [4.69, 9.17) is 13.9 Å². The van der Waals surface area contributed by atoms with Gasteiger partial charge in [-0.15, -0.1) is 0 Å². The second-order valence-electron chi connectivity index (χ2n) is 7.59. The van der Waals surface area contributed by atoms with Crippen molar-refractivity contribution in [2.24, 2.45) is 0 Å². The number of nitrogens with zero attached hydrogens (tertiary/aromatic N) is 3. The molecule has 1 N–H and O–H groups in total. The van der Waals surface area contributed by atoms with Crippen molar-refractivity contribution in [1.82, 2.24) is 9.88 Å². The molecular formula is C24H28N4O3. The molecule has 2 aromatic carbocycles. The van der Waals surface area contributed by atoms with Crippen molar-refractivity contribution >= 4 is 5.88 Å². The van der Waals surface area contributed by atoms with Gasteiger partial charge in [0.1, 0.15) is 17.6 Å². The minimum atomic E-state index is 0.0671. The summed E-state index contributed by atoms with van der Waals surface area (Å²) < 4.78 is 16.9. The van der Waals surface area contributed by atoms with Crippen LogP contribution in [0.2, 0.25) is 0 Å². The lowest BCUT2D eigenvalue weighted by Crippen LogP contribution is -2.26. The van der Waals surface area contributed by atoms with Crippen LogP contribution in [0, 0.1) is 25.2 Å². The van der Waals surface area contributed by atoms with Crippen molar-refractivity contribution in [1.29, 1.82) is 5.26 Å². The normalized spacial score (nSPS) is 11.8. The van der Waals surface area contributed by atoms with E-state index in [1.54, 1.807) is 7.11 Å². The molecular weight excluding hydrogens is 392 g/mol. The van der Waals surface area contributed by atoms with E-state index in [1.807, 2.05) is 64.3 Å². The predicted octanol–water partition coefficient (Wildman–Crippen LogP) is 4.47. The smallest absolute Gasteiger partial charge is 0.236 e. The third-order valence-electron chi connectivity index (χ3n) is 5.04. The Hall–Kier alpha value is -3.50. The van der Waals surface area contributed by atoms with Crippen LogP contribution in [0.15, 0.2) is 46.9 Å². The van der Waals surface area contributed by atoms with E-state index in [9.17, 15) is 5.26 Å². The molecule has 3 rings (SSSR count). The standard InChI is InChI=1S/C24H28N4O3/c1-16-6-11-22(17(2)12-16)30-15-23-27-20(13-25)24(31-23)26-14-21(28(3)4)18-7-9-19(29-5)10-8-18/h6-12,21,26H,14-15H2,1-5H3/t21-/m0/s1. The molecule has 1 aromatic heterocycles. The van der Waals surface area contributed by atoms with Gasteiger partial charge in [0.15, 0.2) is 6.61 Å². The Bertz CT molecular complexity index is 1050. The van der Waals surface area contributed by atoms with Crippen LogP contribution in [0.5, 0.6) is 11.5 Å². The van der Waals surface area contributed by atoms with E-state index in [2.05, 4.69) is 27.3 Å². The minimum absolute atomic E-state index is 0.0671. The van der Waals surface area contributed by atoms with E-state index in [-0.39, 0.29) is 18.3 Å². The lowest BCUT2D eigenvalue weighted by Gasteiger charge is -2.25. The molecule has 0 aliphatic heterocycles. The topological polar surface area (TPSA) is 83.5 Å². The second-order valence-corrected chi connectivity index (χ2v) is 7.59. The molecule has 0 aliphatic rings. The van der Waals surface area contributed by atoms with E-state index in [0.717, 1.165) is 22.6 Å². The second kappa shape index (κ2) is 10.0. The fourth-order valence-electron chi connectivity index (χ4n) is 3.34. The van der Waals surface area contributed by atoms with Crippen molar-refractivity contribution in [3.05, 3.63) is 70.7 Å². The van der Waals surface area contributed by atoms with Gasteiger partial charge in [-0.1, -0.05) is 29.8 Å². The molecule has 0 saturated carbocycles. The summed E-state index contributed by atoms with van der Waals surface area (Å²) in [6.45, 7) is 4.72. The number of hydrogen-bond donors (Lipinski definition) is 1. The van der Waals surface area contributed by atoms with Crippen LogP contribution in [0.4, 0.5) is 5.88 Å². The van der Waals surface area contributed by atoms with Gasteiger partial charge < -0.3 is 24.1 Å². The van der Waals surface area contributed by atoms with Gasteiger partial charge in [0.25, 0.3) is 0 Å². The van der Waals surface area contributed by atoms with Gasteiger partial charge in [-0.25, -0.2) is 0 Å². The zero-order chi connectivity index (χ0) is 22.4. The summed E-state index contributed by atoms with van der Waals surface area (Å²) in [4.78, 5) is 6.36. The van der Waals surface area contributed by atoms with Crippen molar-refractivity contribution in [2.75, 3.05) is 33.1 Å². The number of rotatable bonds is 9. The Morgan fingerprint density at radius 2 is 1.90 bits per heavy atom. The Kier molecular flexibility index (Phi) is 7.16. The first-order valence-corrected chi connectivity index (χ1v) is 10.1. The molecule has 7 heteroatoms. The molecule has 162 valence electrons. The zero-order valence-electron chi connectivity index (χ0n) is 18.6. The summed E-state index contributed by atoms with van der Waals surface area (Å²) in [5.41, 5.74) is 3.55. The van der Waals surface area contributed by atoms with Crippen molar-refractivity contribution in [3.63, 3.8) is 0 Å². The third-order valence-corrected chi connectivity index (χ3v) is 5.04. The maximum Gasteiger partial charge on any atom is 0.236 e. The number of ether oxygens (including phenoxy) is 2. The molecule has 0 spiro atoms. The first-order chi connectivity index (χ1) is 14.9. The Morgan fingerprint density at radius 1 is 1.16 bits per heavy atom. The Balaban J connectivity index is 1.69. The molecule has 1 heterocycles. The maximum absolute atomic E-state index is 9.46. The minimum Gasteiger partial charge on any atom is -0.497 e. The summed E-state index contributed by atoms with van der Waals surface area (Å²) >= 11 is 0. The number of likely N-dealkylation sites (N-methyl/N-ethyl adjacent to an activating group) is 1. The number of benzene rings is 2. The van der Waals surface area contributed by atoms with Crippen LogP contribution in [0.1, 0.15) is 34.3 Å². The van der Waals surface area contributed by atoms with Crippen molar-refractivity contribution in [2.45, 2.75) is 26.5 Å². The molecule has 1 atom stereocenters. The number of aryl methyl sites for hydroxylation is 2. The SMILES string of the molecule is COc1ccc([C@H](CNc2oc(COc3ccc(C)cc3C)nc2C#N)N(C)C)cc1. The van der Waals surface area contributed by atoms with Gasteiger partial charge in [-0.2, -0.15) is 10.2 Å². The van der Waals surface area contributed by atoms with E-state index >= 15 is 0 Å². The van der Waals surface area contributed by atoms with Gasteiger partial charge in [0.2, 0.25) is 17.5 Å². The summed E-state index contributed by atoms with van der Waals surface area (Å²) in [5.74, 6) is 2.28. The highest BCUT2D eigenvalue weighted by Crippen LogP contribution is 2.25. The fourth-order valence-corrected chi connectivity index (χ4v) is 3.34. The summed E-state index contributed by atoms with van der Waals surface area (Å²) in [6, 6.07) is 16.1. The molecule has 7 nitrogen and oxygen atoms in total. The largest absolute Gasteiger partial charge is 0.497 e. The number of oxazole rings is 1. The fraction of sp³-hybridized carbons (Fsp3) is 0.333. The Labute approximate surface area is 183 Å². The lowest BCUT2D eigenvalue weighted by atomic mass is 10.1. The van der Waals surface area contributed by atoms with Crippen LogP contribution in [0.25, 0.3) is 0 Å². The van der Waals surface area contributed by atoms with E-state index in [0.29, 0.717) is 18.3 Å². The number of hydrogen-bond acceptors (Lipinski definition) is 7. The number of nitrogens with one attached hydrogen (secondary N) is 1. The zero-order valence-corrected chi connectivity index (χ0v) is 18.6. The highest BCUT2D eigenvalue weighted by Gasteiger charge is 2.18. The van der Waals surface area contributed by atoms with Gasteiger partial charge in [0, 0.05) is 6.54 Å². The first kappa shape index (κ1) is 22.2. The average molecular weight is 421 g/mol. The monoisotopic (exact) mass is 420 g/mol. The molecule has 31 heavy (non-hydrogen) atoms.